The van der Waals surface area contributed by atoms with Gasteiger partial charge < -0.3 is 14.2 Å². The molecule has 0 bridgehead atoms. The van der Waals surface area contributed by atoms with E-state index >= 15 is 0 Å². The Labute approximate surface area is 460 Å². The highest BCUT2D eigenvalue weighted by Gasteiger charge is 2.19. The summed E-state index contributed by atoms with van der Waals surface area (Å²) < 4.78 is 16.9. The molecule has 0 radical (unpaired) electrons. The lowest BCUT2D eigenvalue weighted by atomic mass is 10.0. The van der Waals surface area contributed by atoms with Gasteiger partial charge in [0, 0.05) is 19.3 Å². The SMILES string of the molecule is CC/C=C\C/C=C\C/C=C\CCCCCC(=O)OCC(COC(=O)CCCCCCCCCCCCCCCCCCCCCCCCCCCCCC)OC(=O)CCCCCCC/C=C\C/C=C\CCCCC. The Morgan fingerprint density at radius 1 is 0.284 bits per heavy atom. The zero-order valence-electron chi connectivity index (χ0n) is 49.4. The topological polar surface area (TPSA) is 78.9 Å². The molecule has 0 aromatic heterocycles. The van der Waals surface area contributed by atoms with Crippen molar-refractivity contribution in [2.75, 3.05) is 13.2 Å². The van der Waals surface area contributed by atoms with E-state index in [4.69, 9.17) is 14.2 Å². The van der Waals surface area contributed by atoms with Gasteiger partial charge in [0.05, 0.1) is 0 Å². The second-order valence-corrected chi connectivity index (χ2v) is 21.6. The molecule has 6 nitrogen and oxygen atoms in total. The predicted molar refractivity (Wildman–Crippen MR) is 321 cm³/mol. The van der Waals surface area contributed by atoms with Crippen LogP contribution < -0.4 is 0 Å². The maximum Gasteiger partial charge on any atom is 0.306 e. The van der Waals surface area contributed by atoms with Gasteiger partial charge in [-0.15, -0.1) is 0 Å². The van der Waals surface area contributed by atoms with Gasteiger partial charge in [0.25, 0.3) is 0 Å². The fraction of sp³-hybridized carbons (Fsp3) is 0.809. The molecule has 0 aromatic carbocycles. The summed E-state index contributed by atoms with van der Waals surface area (Å²) in [6.07, 6.45) is 79.7. The zero-order chi connectivity index (χ0) is 53.6. The van der Waals surface area contributed by atoms with Crippen molar-refractivity contribution >= 4 is 17.9 Å². The average Bonchev–Trinajstić information content (AvgIpc) is 3.40. The first-order valence-electron chi connectivity index (χ1n) is 32.3. The summed E-state index contributed by atoms with van der Waals surface area (Å²) >= 11 is 0. The van der Waals surface area contributed by atoms with E-state index in [9.17, 15) is 14.4 Å². The summed E-state index contributed by atoms with van der Waals surface area (Å²) in [7, 11) is 0. The van der Waals surface area contributed by atoms with Gasteiger partial charge in [-0.3, -0.25) is 14.4 Å². The van der Waals surface area contributed by atoms with Crippen molar-refractivity contribution in [1.82, 2.24) is 0 Å². The van der Waals surface area contributed by atoms with Crippen LogP contribution in [0.5, 0.6) is 0 Å². The third-order valence-corrected chi connectivity index (χ3v) is 14.3. The largest absolute Gasteiger partial charge is 0.462 e. The minimum atomic E-state index is -0.793. The summed E-state index contributed by atoms with van der Waals surface area (Å²) in [6, 6.07) is 0. The summed E-state index contributed by atoms with van der Waals surface area (Å²) in [5.41, 5.74) is 0. The molecule has 0 aliphatic heterocycles. The number of unbranched alkanes of at least 4 members (excludes halogenated alkanes) is 38. The maximum absolute atomic E-state index is 12.9. The predicted octanol–water partition coefficient (Wildman–Crippen LogP) is 21.9. The molecule has 1 unspecified atom stereocenters. The fourth-order valence-corrected chi connectivity index (χ4v) is 9.43. The van der Waals surface area contributed by atoms with Crippen molar-refractivity contribution in [2.45, 2.75) is 341 Å². The fourth-order valence-electron chi connectivity index (χ4n) is 9.43. The van der Waals surface area contributed by atoms with Crippen LogP contribution in [0.1, 0.15) is 335 Å². The molecule has 0 heterocycles. The number of esters is 3. The van der Waals surface area contributed by atoms with Gasteiger partial charge in [-0.05, 0) is 83.5 Å². The first-order valence-corrected chi connectivity index (χ1v) is 32.3. The van der Waals surface area contributed by atoms with Crippen LogP contribution in [-0.2, 0) is 28.6 Å². The number of hydrogen-bond acceptors (Lipinski definition) is 6. The van der Waals surface area contributed by atoms with E-state index in [1.165, 1.54) is 186 Å². The second kappa shape index (κ2) is 62.6. The van der Waals surface area contributed by atoms with Gasteiger partial charge in [0.2, 0.25) is 0 Å². The smallest absolute Gasteiger partial charge is 0.306 e. The van der Waals surface area contributed by atoms with Gasteiger partial charge >= 0.3 is 17.9 Å². The summed E-state index contributed by atoms with van der Waals surface area (Å²) in [6.45, 7) is 6.50. The molecule has 0 saturated carbocycles. The molecule has 430 valence electrons. The van der Waals surface area contributed by atoms with E-state index in [0.29, 0.717) is 19.3 Å². The Morgan fingerprint density at radius 2 is 0.527 bits per heavy atom. The number of rotatable bonds is 59. The molecule has 1 atom stereocenters. The standard InChI is InChI=1S/C68H122O6/c1-4-7-10-13-16-19-22-25-27-28-29-30-31-32-33-34-35-36-37-38-39-41-43-46-49-52-55-58-61-67(70)73-64-65(63-72-66(69)60-57-54-51-48-45-42-24-21-18-15-12-9-6-3)74-68(71)62-59-56-53-50-47-44-40-26-23-20-17-14-11-8-5-2/h9,12,17-18,20-21,26,40,42,45,65H,4-8,10-11,13-16,19,22-25,27-39,41,43-44,46-64H2,1-3H3/b12-9-,20-17-,21-18-,40-26-,45-42-. The molecule has 0 rings (SSSR count). The molecule has 0 fully saturated rings. The van der Waals surface area contributed by atoms with Crippen LogP contribution in [0, 0.1) is 0 Å². The molecule has 0 saturated heterocycles. The summed E-state index contributed by atoms with van der Waals surface area (Å²) in [4.78, 5) is 38.2. The first kappa shape index (κ1) is 71.1. The molecule has 0 amide bonds. The van der Waals surface area contributed by atoms with Crippen LogP contribution in [0.2, 0.25) is 0 Å². The zero-order valence-corrected chi connectivity index (χ0v) is 49.4. The van der Waals surface area contributed by atoms with E-state index in [1.54, 1.807) is 0 Å². The molecule has 0 aromatic rings. The van der Waals surface area contributed by atoms with Gasteiger partial charge in [-0.25, -0.2) is 0 Å². The first-order chi connectivity index (χ1) is 36.5. The third-order valence-electron chi connectivity index (χ3n) is 14.3. The Morgan fingerprint density at radius 3 is 0.865 bits per heavy atom. The van der Waals surface area contributed by atoms with Crippen molar-refractivity contribution < 1.29 is 28.6 Å². The van der Waals surface area contributed by atoms with Crippen LogP contribution in [0.4, 0.5) is 0 Å². The summed E-state index contributed by atoms with van der Waals surface area (Å²) in [5.74, 6) is -0.916. The van der Waals surface area contributed by atoms with E-state index < -0.39 is 6.10 Å². The average molecular weight is 1040 g/mol. The highest BCUT2D eigenvalue weighted by molar-refractivity contribution is 5.71. The van der Waals surface area contributed by atoms with Crippen LogP contribution >= 0.6 is 0 Å². The monoisotopic (exact) mass is 1030 g/mol. The van der Waals surface area contributed by atoms with E-state index in [-0.39, 0.29) is 31.1 Å². The third kappa shape index (κ3) is 60.0. The van der Waals surface area contributed by atoms with Crippen LogP contribution in [-0.4, -0.2) is 37.2 Å². The molecular weight excluding hydrogens is 913 g/mol. The summed E-state index contributed by atoms with van der Waals surface area (Å²) in [5, 5.41) is 0. The van der Waals surface area contributed by atoms with Gasteiger partial charge in [0.1, 0.15) is 13.2 Å². The van der Waals surface area contributed by atoms with Crippen molar-refractivity contribution in [3.05, 3.63) is 60.8 Å². The van der Waals surface area contributed by atoms with E-state index in [0.717, 1.165) is 109 Å². The minimum Gasteiger partial charge on any atom is -0.462 e. The van der Waals surface area contributed by atoms with Crippen LogP contribution in [0.3, 0.4) is 0 Å². The molecule has 0 spiro atoms. The number of carbonyl (C=O) groups is 3. The molecule has 0 aliphatic carbocycles. The second-order valence-electron chi connectivity index (χ2n) is 21.6. The van der Waals surface area contributed by atoms with Crippen molar-refractivity contribution in [1.29, 1.82) is 0 Å². The number of ether oxygens (including phenoxy) is 3. The molecule has 0 aliphatic rings. The molecule has 74 heavy (non-hydrogen) atoms. The van der Waals surface area contributed by atoms with Gasteiger partial charge in [0.15, 0.2) is 6.10 Å². The molecule has 0 N–H and O–H groups in total. The maximum atomic E-state index is 12.9. The van der Waals surface area contributed by atoms with E-state index in [1.807, 2.05) is 0 Å². The van der Waals surface area contributed by atoms with Crippen LogP contribution in [0.25, 0.3) is 0 Å². The Bertz CT molecular complexity index is 1330. The molecular formula is C68H122O6. The van der Waals surface area contributed by atoms with Crippen molar-refractivity contribution in [2.24, 2.45) is 0 Å². The lowest BCUT2D eigenvalue weighted by Crippen LogP contribution is -2.30. The lowest BCUT2D eigenvalue weighted by Gasteiger charge is -2.18. The normalized spacial score (nSPS) is 12.4. The highest BCUT2D eigenvalue weighted by atomic mass is 16.6. The van der Waals surface area contributed by atoms with Gasteiger partial charge in [-0.1, -0.05) is 293 Å². The van der Waals surface area contributed by atoms with Crippen molar-refractivity contribution in [3.63, 3.8) is 0 Å². The minimum absolute atomic E-state index is 0.0868. The Hall–Kier alpha value is -2.89. The van der Waals surface area contributed by atoms with E-state index in [2.05, 4.69) is 81.5 Å². The molecule has 6 heteroatoms. The highest BCUT2D eigenvalue weighted by Crippen LogP contribution is 2.18. The van der Waals surface area contributed by atoms with Gasteiger partial charge in [-0.2, -0.15) is 0 Å². The number of allylic oxidation sites excluding steroid dienone is 10. The quantitative estimate of drug-likeness (QED) is 0.0261. The lowest BCUT2D eigenvalue weighted by molar-refractivity contribution is -0.167. The van der Waals surface area contributed by atoms with Crippen molar-refractivity contribution in [3.8, 4) is 0 Å². The Kier molecular flexibility index (Phi) is 60.2. The number of hydrogen-bond donors (Lipinski definition) is 0. The number of carbonyl (C=O) groups excluding carboxylic acids is 3. The Balaban J connectivity index is 4.20. The van der Waals surface area contributed by atoms with Crippen LogP contribution in [0.15, 0.2) is 60.8 Å².